The summed E-state index contributed by atoms with van der Waals surface area (Å²) < 4.78 is -0.299. The number of benzene rings is 3. The Labute approximate surface area is 285 Å². The van der Waals surface area contributed by atoms with Crippen LogP contribution >= 0.6 is 0 Å². The van der Waals surface area contributed by atoms with E-state index in [4.69, 9.17) is 0 Å². The summed E-state index contributed by atoms with van der Waals surface area (Å²) in [6.45, 7) is 8.78. The standard InChI is InChI=1S/C40H51O3S3/c1-5-44(28-36(41)32-13-7-6-8-14-32)30(2)18-19-31-20-22-33(23-21-31)37(42)29-45-24-12-17-38(45)34-15-11-16-35(27-34)39(43)40(3,4)46-25-9-10-26-46/h6-8,11,13-16,20-23,27,30,38H,5,9-10,12,17-19,24-26,28-29H2,1-4H3/q+3. The lowest BCUT2D eigenvalue weighted by Crippen LogP contribution is -2.41. The first-order chi connectivity index (χ1) is 22.2. The third-order valence-electron chi connectivity index (χ3n) is 9.88. The molecule has 6 heteroatoms. The van der Waals surface area contributed by atoms with Gasteiger partial charge >= 0.3 is 0 Å². The van der Waals surface area contributed by atoms with Crippen LogP contribution in [-0.2, 0) is 39.1 Å². The highest BCUT2D eigenvalue weighted by atomic mass is 32.2. The summed E-state index contributed by atoms with van der Waals surface area (Å²) >= 11 is 0. The first-order valence-electron chi connectivity index (χ1n) is 17.0. The molecule has 0 N–H and O–H groups in total. The Bertz CT molecular complexity index is 1480. The van der Waals surface area contributed by atoms with Gasteiger partial charge in [0.15, 0.2) is 16.3 Å². The molecule has 0 spiro atoms. The summed E-state index contributed by atoms with van der Waals surface area (Å²) in [7, 11) is 0.202. The predicted molar refractivity (Wildman–Crippen MR) is 202 cm³/mol. The Morgan fingerprint density at radius 3 is 2.20 bits per heavy atom. The zero-order chi connectivity index (χ0) is 32.7. The maximum atomic E-state index is 13.7. The van der Waals surface area contributed by atoms with Crippen molar-refractivity contribution in [2.75, 3.05) is 34.5 Å². The minimum Gasteiger partial charge on any atom is -0.289 e. The molecule has 3 aromatic rings. The van der Waals surface area contributed by atoms with Crippen molar-refractivity contribution in [3.8, 4) is 0 Å². The van der Waals surface area contributed by atoms with Crippen LogP contribution in [0.25, 0.3) is 0 Å². The third kappa shape index (κ3) is 8.59. The van der Waals surface area contributed by atoms with Crippen LogP contribution in [0.4, 0.5) is 0 Å². The zero-order valence-corrected chi connectivity index (χ0v) is 30.5. The molecule has 46 heavy (non-hydrogen) atoms. The fourth-order valence-electron chi connectivity index (χ4n) is 6.87. The lowest BCUT2D eigenvalue weighted by molar-refractivity contribution is 0.0955. The van der Waals surface area contributed by atoms with E-state index < -0.39 is 0 Å². The Hall–Kier alpha value is -2.28. The van der Waals surface area contributed by atoms with Crippen LogP contribution in [0.2, 0.25) is 0 Å². The molecule has 5 rings (SSSR count). The number of carbonyl (C=O) groups is 3. The van der Waals surface area contributed by atoms with Gasteiger partial charge in [0.2, 0.25) is 17.3 Å². The van der Waals surface area contributed by atoms with Crippen LogP contribution in [-0.4, -0.2) is 61.9 Å². The maximum absolute atomic E-state index is 13.7. The highest BCUT2D eigenvalue weighted by molar-refractivity contribution is 7.99. The Balaban J connectivity index is 1.15. The van der Waals surface area contributed by atoms with Gasteiger partial charge in [0, 0.05) is 50.5 Å². The Morgan fingerprint density at radius 2 is 1.50 bits per heavy atom. The summed E-state index contributed by atoms with van der Waals surface area (Å²) in [5.41, 5.74) is 4.96. The van der Waals surface area contributed by atoms with Crippen LogP contribution < -0.4 is 0 Å². The van der Waals surface area contributed by atoms with E-state index in [2.05, 4.69) is 58.0 Å². The van der Waals surface area contributed by atoms with Crippen LogP contribution in [0.3, 0.4) is 0 Å². The summed E-state index contributed by atoms with van der Waals surface area (Å²) in [4.78, 5) is 39.9. The smallest absolute Gasteiger partial charge is 0.217 e. The number of ketones is 3. The minimum absolute atomic E-state index is 0.0174. The van der Waals surface area contributed by atoms with E-state index in [0.717, 1.165) is 53.9 Å². The van der Waals surface area contributed by atoms with Crippen molar-refractivity contribution in [2.24, 2.45) is 0 Å². The number of hydrogen-bond donors (Lipinski definition) is 0. The van der Waals surface area contributed by atoms with Crippen LogP contribution in [0.15, 0.2) is 78.9 Å². The first-order valence-corrected chi connectivity index (χ1v) is 21.8. The summed E-state index contributed by atoms with van der Waals surface area (Å²) in [5, 5.41) is 0.832. The van der Waals surface area contributed by atoms with Crippen molar-refractivity contribution in [3.05, 3.63) is 107 Å². The van der Waals surface area contributed by atoms with Gasteiger partial charge in [0.25, 0.3) is 0 Å². The second-order valence-corrected chi connectivity index (χ2v) is 21.2. The van der Waals surface area contributed by atoms with Crippen molar-refractivity contribution < 1.29 is 14.4 Å². The molecule has 2 heterocycles. The summed E-state index contributed by atoms with van der Waals surface area (Å²) in [6.07, 6.45) is 6.73. The van der Waals surface area contributed by atoms with Crippen molar-refractivity contribution in [2.45, 2.75) is 81.5 Å². The minimum atomic E-state index is -0.299. The highest BCUT2D eigenvalue weighted by Crippen LogP contribution is 2.38. The van der Waals surface area contributed by atoms with Crippen molar-refractivity contribution in [3.63, 3.8) is 0 Å². The molecule has 0 aromatic heterocycles. The van der Waals surface area contributed by atoms with Gasteiger partial charge in [-0.05, 0) is 82.3 Å². The molecule has 0 amide bonds. The summed E-state index contributed by atoms with van der Waals surface area (Å²) in [6, 6.07) is 26.3. The van der Waals surface area contributed by atoms with Gasteiger partial charge in [-0.2, -0.15) is 0 Å². The molecule has 4 atom stereocenters. The van der Waals surface area contributed by atoms with E-state index in [0.29, 0.717) is 22.0 Å². The maximum Gasteiger partial charge on any atom is 0.217 e. The van der Waals surface area contributed by atoms with E-state index in [9.17, 15) is 14.4 Å². The predicted octanol–water partition coefficient (Wildman–Crippen LogP) is 8.24. The normalized spacial score (nSPS) is 20.0. The van der Waals surface area contributed by atoms with E-state index in [1.807, 2.05) is 48.5 Å². The molecular weight excluding hydrogens is 625 g/mol. The first kappa shape index (κ1) is 35.0. The molecule has 2 aliphatic heterocycles. The lowest BCUT2D eigenvalue weighted by Gasteiger charge is -2.22. The monoisotopic (exact) mass is 675 g/mol. The lowest BCUT2D eigenvalue weighted by atomic mass is 9.97. The SMILES string of the molecule is CC[S+](CC(=O)c1ccccc1)C(C)CCc1ccc(C(=O)C[S+]2CCCC2c2cccc(C(=O)C(C)(C)[S+]3CCCC3)c2)cc1. The van der Waals surface area contributed by atoms with E-state index in [1.54, 1.807) is 0 Å². The zero-order valence-electron chi connectivity index (χ0n) is 28.1. The molecule has 2 saturated heterocycles. The van der Waals surface area contributed by atoms with Gasteiger partial charge in [-0.25, -0.2) is 0 Å². The molecule has 2 aliphatic rings. The third-order valence-corrected chi connectivity index (χ3v) is 18.6. The fraction of sp³-hybridized carbons (Fsp3) is 0.475. The van der Waals surface area contributed by atoms with Crippen molar-refractivity contribution >= 4 is 50.0 Å². The Morgan fingerprint density at radius 1 is 0.826 bits per heavy atom. The molecule has 3 aromatic carbocycles. The van der Waals surface area contributed by atoms with Gasteiger partial charge < -0.3 is 0 Å². The van der Waals surface area contributed by atoms with E-state index in [1.165, 1.54) is 35.5 Å². The largest absolute Gasteiger partial charge is 0.289 e. The number of aryl methyl sites for hydroxylation is 1. The van der Waals surface area contributed by atoms with Crippen LogP contribution in [0, 0.1) is 0 Å². The average Bonchev–Trinajstić information content (AvgIpc) is 3.80. The molecule has 2 fully saturated rings. The van der Waals surface area contributed by atoms with Gasteiger partial charge in [0.1, 0.15) is 33.5 Å². The van der Waals surface area contributed by atoms with Gasteiger partial charge in [0.05, 0.1) is 0 Å². The number of carbonyl (C=O) groups excluding carboxylic acids is 3. The molecule has 3 nitrogen and oxygen atoms in total. The molecule has 244 valence electrons. The Kier molecular flexibility index (Phi) is 12.4. The van der Waals surface area contributed by atoms with Gasteiger partial charge in [-0.3, -0.25) is 14.4 Å². The molecule has 4 unspecified atom stereocenters. The van der Waals surface area contributed by atoms with Gasteiger partial charge in [-0.15, -0.1) is 0 Å². The fourth-order valence-corrected chi connectivity index (χ4v) is 14.3. The molecule has 0 radical (unpaired) electrons. The average molecular weight is 676 g/mol. The van der Waals surface area contributed by atoms with Crippen LogP contribution in [0.5, 0.6) is 0 Å². The van der Waals surface area contributed by atoms with Crippen molar-refractivity contribution in [1.29, 1.82) is 0 Å². The van der Waals surface area contributed by atoms with Crippen LogP contribution in [0.1, 0.15) is 107 Å². The second kappa shape index (κ2) is 16.2. The highest BCUT2D eigenvalue weighted by Gasteiger charge is 2.47. The molecular formula is C40H51O3S3+3. The second-order valence-electron chi connectivity index (χ2n) is 13.3. The number of rotatable bonds is 15. The quantitative estimate of drug-likeness (QED) is 0.121. The van der Waals surface area contributed by atoms with E-state index in [-0.39, 0.29) is 54.8 Å². The topological polar surface area (TPSA) is 51.2 Å². The van der Waals surface area contributed by atoms with E-state index >= 15 is 0 Å². The van der Waals surface area contributed by atoms with Gasteiger partial charge in [-0.1, -0.05) is 72.8 Å². The number of Topliss-reactive ketones (excluding diaryl/α,β-unsaturated/α-hetero) is 3. The molecule has 0 bridgehead atoms. The summed E-state index contributed by atoms with van der Waals surface area (Å²) in [5.74, 6) is 6.46. The van der Waals surface area contributed by atoms with Crippen molar-refractivity contribution in [1.82, 2.24) is 0 Å². The molecule has 0 aliphatic carbocycles. The number of hydrogen-bond acceptors (Lipinski definition) is 3. The molecule has 0 saturated carbocycles.